The van der Waals surface area contributed by atoms with Gasteiger partial charge in [-0.15, -0.1) is 0 Å². The van der Waals surface area contributed by atoms with Gasteiger partial charge in [-0.3, -0.25) is 0 Å². The summed E-state index contributed by atoms with van der Waals surface area (Å²) < 4.78 is 0. The van der Waals surface area contributed by atoms with Gasteiger partial charge in [-0.25, -0.2) is 0 Å². The Hall–Kier alpha value is -3.66. The molecule has 4 heteroatoms. The molecule has 0 atom stereocenters. The third kappa shape index (κ3) is 4.36. The number of anilines is 4. The van der Waals surface area contributed by atoms with E-state index in [0.29, 0.717) is 24.2 Å². The summed E-state index contributed by atoms with van der Waals surface area (Å²) in [5.74, 6) is 2.47. The van der Waals surface area contributed by atoms with Crippen LogP contribution in [0.25, 0.3) is 12.2 Å². The number of rotatable bonds is 6. The number of fused-ring (bicyclic) bond motifs is 2. The third-order valence-electron chi connectivity index (χ3n) is 7.42. The van der Waals surface area contributed by atoms with Crippen molar-refractivity contribution in [3.8, 4) is 0 Å². The van der Waals surface area contributed by atoms with Crippen LogP contribution in [0.3, 0.4) is 0 Å². The minimum atomic E-state index is 0.342. The fraction of sp³-hybridized carbons (Fsp3) is 0.353. The van der Waals surface area contributed by atoms with E-state index in [1.165, 1.54) is 45.5 Å². The molecular weight excluding hydrogens is 464 g/mol. The Morgan fingerprint density at radius 3 is 0.868 bits per heavy atom. The molecule has 0 fully saturated rings. The Balaban J connectivity index is 1.67. The molecule has 3 aromatic rings. The number of para-hydroxylation sites is 4. The maximum Gasteiger partial charge on any atom is 0.114 e. The topological polar surface area (TPSA) is 13.0 Å². The molecule has 2 aliphatic rings. The number of hydrogen-bond donors (Lipinski definition) is 0. The zero-order valence-electron chi connectivity index (χ0n) is 24.2. The van der Waals surface area contributed by atoms with Crippen molar-refractivity contribution in [2.75, 3.05) is 19.6 Å². The Morgan fingerprint density at radius 2 is 0.632 bits per heavy atom. The standard InChI is InChI=1S/C34H42N4/c1-23(2)35-29-17-11-12-18-30(29)36(24(3)4)33(35)21-27-15-9-10-16-28(27)22-34-37(25(5)6)31-19-13-14-20-32(31)38(34)26(7)8/h9-26H,1-8H3. The molecule has 0 amide bonds. The molecule has 198 valence electrons. The van der Waals surface area contributed by atoms with E-state index in [4.69, 9.17) is 0 Å². The lowest BCUT2D eigenvalue weighted by molar-refractivity contribution is 0.708. The molecule has 38 heavy (non-hydrogen) atoms. The van der Waals surface area contributed by atoms with Crippen molar-refractivity contribution in [3.05, 3.63) is 95.6 Å². The first-order valence-electron chi connectivity index (χ1n) is 14.1. The SMILES string of the molecule is CC(C)N1C(=Cc2ccccc2C=C2N(C(C)C)c3ccccc3N2C(C)C)N(C(C)C)c2ccccc21. The summed E-state index contributed by atoms with van der Waals surface area (Å²) in [5.41, 5.74) is 7.57. The van der Waals surface area contributed by atoms with Crippen LogP contribution in [0.4, 0.5) is 22.7 Å². The molecule has 2 heterocycles. The number of nitrogens with zero attached hydrogens (tertiary/aromatic N) is 4. The number of hydrogen-bond acceptors (Lipinski definition) is 4. The van der Waals surface area contributed by atoms with Crippen molar-refractivity contribution in [3.63, 3.8) is 0 Å². The Morgan fingerprint density at radius 1 is 0.395 bits per heavy atom. The van der Waals surface area contributed by atoms with Crippen LogP contribution in [0.2, 0.25) is 0 Å². The highest BCUT2D eigenvalue weighted by molar-refractivity contribution is 5.89. The second-order valence-corrected chi connectivity index (χ2v) is 11.5. The van der Waals surface area contributed by atoms with Crippen LogP contribution in [-0.4, -0.2) is 24.2 Å². The predicted octanol–water partition coefficient (Wildman–Crippen LogP) is 8.57. The molecule has 0 radical (unpaired) electrons. The smallest absolute Gasteiger partial charge is 0.114 e. The summed E-state index contributed by atoms with van der Waals surface area (Å²) in [6.07, 6.45) is 4.77. The van der Waals surface area contributed by atoms with E-state index < -0.39 is 0 Å². The molecule has 0 unspecified atom stereocenters. The lowest BCUT2D eigenvalue weighted by atomic mass is 10.1. The number of benzene rings is 3. The zero-order chi connectivity index (χ0) is 27.1. The van der Waals surface area contributed by atoms with Gasteiger partial charge in [0.2, 0.25) is 0 Å². The highest BCUT2D eigenvalue weighted by Gasteiger charge is 2.35. The quantitative estimate of drug-likeness (QED) is 0.332. The van der Waals surface area contributed by atoms with Crippen molar-refractivity contribution >= 4 is 34.9 Å². The van der Waals surface area contributed by atoms with Gasteiger partial charge < -0.3 is 19.6 Å². The van der Waals surface area contributed by atoms with Gasteiger partial charge in [0, 0.05) is 24.2 Å². The monoisotopic (exact) mass is 506 g/mol. The van der Waals surface area contributed by atoms with Crippen molar-refractivity contribution in [2.45, 2.75) is 79.6 Å². The molecule has 3 aromatic carbocycles. The van der Waals surface area contributed by atoms with Crippen LogP contribution in [0.5, 0.6) is 0 Å². The summed E-state index contributed by atoms with van der Waals surface area (Å²) in [6.45, 7) is 18.2. The Bertz CT molecular complexity index is 1190. The van der Waals surface area contributed by atoms with Gasteiger partial charge in [-0.2, -0.15) is 0 Å². The summed E-state index contributed by atoms with van der Waals surface area (Å²) in [4.78, 5) is 9.91. The van der Waals surface area contributed by atoms with E-state index in [9.17, 15) is 0 Å². The fourth-order valence-corrected chi connectivity index (χ4v) is 5.97. The predicted molar refractivity (Wildman–Crippen MR) is 166 cm³/mol. The second kappa shape index (κ2) is 10.2. The largest absolute Gasteiger partial charge is 0.323 e. The van der Waals surface area contributed by atoms with Gasteiger partial charge in [0.1, 0.15) is 11.6 Å². The minimum absolute atomic E-state index is 0.342. The second-order valence-electron chi connectivity index (χ2n) is 11.5. The van der Waals surface area contributed by atoms with E-state index >= 15 is 0 Å². The normalized spacial score (nSPS) is 14.9. The summed E-state index contributed by atoms with van der Waals surface area (Å²) in [6, 6.07) is 27.7. The molecule has 0 N–H and O–H groups in total. The summed E-state index contributed by atoms with van der Waals surface area (Å²) >= 11 is 0. The highest BCUT2D eigenvalue weighted by atomic mass is 15.4. The van der Waals surface area contributed by atoms with Gasteiger partial charge in [0.25, 0.3) is 0 Å². The van der Waals surface area contributed by atoms with Gasteiger partial charge >= 0.3 is 0 Å². The Kier molecular flexibility index (Phi) is 7.00. The summed E-state index contributed by atoms with van der Waals surface area (Å²) in [7, 11) is 0. The van der Waals surface area contributed by atoms with Crippen LogP contribution in [0.15, 0.2) is 84.4 Å². The average molecular weight is 507 g/mol. The lowest BCUT2D eigenvalue weighted by Gasteiger charge is -2.32. The first-order chi connectivity index (χ1) is 18.2. The first-order valence-corrected chi connectivity index (χ1v) is 14.1. The van der Waals surface area contributed by atoms with E-state index in [1.807, 2.05) is 0 Å². The van der Waals surface area contributed by atoms with Crippen molar-refractivity contribution in [2.24, 2.45) is 0 Å². The van der Waals surface area contributed by atoms with Crippen molar-refractivity contribution < 1.29 is 0 Å². The third-order valence-corrected chi connectivity index (χ3v) is 7.42. The molecule has 0 aromatic heterocycles. The molecule has 2 aliphatic heterocycles. The molecule has 0 aliphatic carbocycles. The minimum Gasteiger partial charge on any atom is -0.323 e. The van der Waals surface area contributed by atoms with Gasteiger partial charge in [-0.05, 0) is 103 Å². The van der Waals surface area contributed by atoms with Crippen LogP contribution in [0.1, 0.15) is 66.5 Å². The van der Waals surface area contributed by atoms with Gasteiger partial charge in [0.05, 0.1) is 22.7 Å². The zero-order valence-corrected chi connectivity index (χ0v) is 24.2. The van der Waals surface area contributed by atoms with Crippen LogP contribution < -0.4 is 19.6 Å². The van der Waals surface area contributed by atoms with E-state index in [1.54, 1.807) is 0 Å². The maximum atomic E-state index is 2.48. The molecular formula is C34H42N4. The van der Waals surface area contributed by atoms with Crippen LogP contribution in [-0.2, 0) is 0 Å². The van der Waals surface area contributed by atoms with E-state index in [0.717, 1.165) is 0 Å². The van der Waals surface area contributed by atoms with Crippen molar-refractivity contribution in [1.29, 1.82) is 0 Å². The Labute approximate surface area is 229 Å². The van der Waals surface area contributed by atoms with Gasteiger partial charge in [-0.1, -0.05) is 48.5 Å². The molecule has 4 nitrogen and oxygen atoms in total. The molecule has 0 saturated carbocycles. The van der Waals surface area contributed by atoms with Crippen LogP contribution >= 0.6 is 0 Å². The molecule has 0 saturated heterocycles. The maximum absolute atomic E-state index is 2.48. The van der Waals surface area contributed by atoms with E-state index in [-0.39, 0.29) is 0 Å². The summed E-state index contributed by atoms with van der Waals surface area (Å²) in [5, 5.41) is 0. The molecule has 0 bridgehead atoms. The highest BCUT2D eigenvalue weighted by Crippen LogP contribution is 2.46. The van der Waals surface area contributed by atoms with Crippen molar-refractivity contribution in [1.82, 2.24) is 0 Å². The fourth-order valence-electron chi connectivity index (χ4n) is 5.97. The molecule has 0 spiro atoms. The first kappa shape index (κ1) is 26.0. The van der Waals surface area contributed by atoms with E-state index in [2.05, 4.69) is 160 Å². The lowest BCUT2D eigenvalue weighted by Crippen LogP contribution is -2.36. The average Bonchev–Trinajstić information content (AvgIpc) is 3.37. The van der Waals surface area contributed by atoms with Gasteiger partial charge in [0.15, 0.2) is 0 Å². The molecule has 5 rings (SSSR count). The van der Waals surface area contributed by atoms with Crippen LogP contribution in [0, 0.1) is 0 Å².